The van der Waals surface area contributed by atoms with Crippen LogP contribution in [0.15, 0.2) is 24.3 Å². The number of urea groups is 1. The highest BCUT2D eigenvalue weighted by atomic mass is 19.1. The fourth-order valence-electron chi connectivity index (χ4n) is 1.64. The normalized spacial score (nSPS) is 15.0. The Kier molecular flexibility index (Phi) is 5.49. The van der Waals surface area contributed by atoms with E-state index in [2.05, 4.69) is 10.6 Å². The molecule has 5 nitrogen and oxygen atoms in total. The molecular weight excluding hydrogens is 263 g/mol. The Bertz CT molecular complexity index is 493. The number of carboxylic acid groups (broad SMARTS) is 1. The summed E-state index contributed by atoms with van der Waals surface area (Å²) in [4.78, 5) is 22.5. The van der Waals surface area contributed by atoms with Gasteiger partial charge in [-0.25, -0.2) is 9.18 Å². The Morgan fingerprint density at radius 3 is 2.40 bits per heavy atom. The highest BCUT2D eigenvalue weighted by molar-refractivity contribution is 5.76. The number of carbonyl (C=O) groups is 2. The molecule has 0 aromatic heterocycles. The summed E-state index contributed by atoms with van der Waals surface area (Å²) in [6.07, 6.45) is 0. The minimum atomic E-state index is -0.976. The molecule has 6 heteroatoms. The van der Waals surface area contributed by atoms with Gasteiger partial charge in [0.2, 0.25) is 0 Å². The van der Waals surface area contributed by atoms with Crippen molar-refractivity contribution in [2.45, 2.75) is 32.9 Å². The second kappa shape index (κ2) is 6.88. The quantitative estimate of drug-likeness (QED) is 0.775. The van der Waals surface area contributed by atoms with E-state index in [-0.39, 0.29) is 11.9 Å². The van der Waals surface area contributed by atoms with Crippen LogP contribution in [0.3, 0.4) is 0 Å². The molecule has 0 aliphatic heterocycles. The van der Waals surface area contributed by atoms with Gasteiger partial charge in [0, 0.05) is 6.04 Å². The molecule has 0 aliphatic rings. The third-order valence-corrected chi connectivity index (χ3v) is 3.19. The minimum Gasteiger partial charge on any atom is -0.481 e. The molecule has 0 saturated heterocycles. The van der Waals surface area contributed by atoms with Gasteiger partial charge in [-0.15, -0.1) is 0 Å². The number of hydrogen-bond acceptors (Lipinski definition) is 2. The van der Waals surface area contributed by atoms with Crippen LogP contribution in [0.2, 0.25) is 0 Å². The SMILES string of the molecule is CC(NC(=O)NC(C)C(C)C(=O)O)c1cccc(F)c1. The maximum absolute atomic E-state index is 13.1. The Balaban J connectivity index is 2.56. The maximum atomic E-state index is 13.1. The summed E-state index contributed by atoms with van der Waals surface area (Å²) in [5.74, 6) is -2.04. The van der Waals surface area contributed by atoms with Crippen molar-refractivity contribution in [2.75, 3.05) is 0 Å². The molecule has 110 valence electrons. The van der Waals surface area contributed by atoms with E-state index in [1.807, 2.05) is 0 Å². The summed E-state index contributed by atoms with van der Waals surface area (Å²) in [7, 11) is 0. The van der Waals surface area contributed by atoms with Gasteiger partial charge < -0.3 is 15.7 Å². The van der Waals surface area contributed by atoms with Crippen LogP contribution in [0.5, 0.6) is 0 Å². The molecule has 0 heterocycles. The molecule has 3 unspecified atom stereocenters. The summed E-state index contributed by atoms with van der Waals surface area (Å²) in [6.45, 7) is 4.86. The standard InChI is InChI=1S/C14H19FN2O3/c1-8(13(18)19)9(2)16-14(20)17-10(3)11-5-4-6-12(15)7-11/h4-10H,1-3H3,(H,18,19)(H2,16,17,20). The number of amides is 2. The molecule has 0 aliphatic carbocycles. The van der Waals surface area contributed by atoms with E-state index >= 15 is 0 Å². The average molecular weight is 282 g/mol. The van der Waals surface area contributed by atoms with Crippen LogP contribution in [0.1, 0.15) is 32.4 Å². The summed E-state index contributed by atoms with van der Waals surface area (Å²) < 4.78 is 13.1. The van der Waals surface area contributed by atoms with Gasteiger partial charge in [0.15, 0.2) is 0 Å². The van der Waals surface area contributed by atoms with E-state index in [0.717, 1.165) is 0 Å². The van der Waals surface area contributed by atoms with Crippen molar-refractivity contribution in [3.8, 4) is 0 Å². The number of benzene rings is 1. The molecule has 0 fully saturated rings. The summed E-state index contributed by atoms with van der Waals surface area (Å²) in [5, 5.41) is 14.0. The molecule has 3 atom stereocenters. The highest BCUT2D eigenvalue weighted by Gasteiger charge is 2.21. The van der Waals surface area contributed by atoms with Crippen molar-refractivity contribution in [2.24, 2.45) is 5.92 Å². The van der Waals surface area contributed by atoms with Crippen LogP contribution in [0, 0.1) is 11.7 Å². The Morgan fingerprint density at radius 1 is 1.20 bits per heavy atom. The zero-order valence-electron chi connectivity index (χ0n) is 11.7. The lowest BCUT2D eigenvalue weighted by atomic mass is 10.0. The van der Waals surface area contributed by atoms with Gasteiger partial charge in [0.1, 0.15) is 5.82 Å². The van der Waals surface area contributed by atoms with Gasteiger partial charge in [0.05, 0.1) is 12.0 Å². The van der Waals surface area contributed by atoms with Crippen LogP contribution in [0.25, 0.3) is 0 Å². The number of carboxylic acids is 1. The topological polar surface area (TPSA) is 78.4 Å². The first-order valence-electron chi connectivity index (χ1n) is 6.36. The van der Waals surface area contributed by atoms with Gasteiger partial charge in [-0.2, -0.15) is 0 Å². The first kappa shape index (κ1) is 15.9. The van der Waals surface area contributed by atoms with Gasteiger partial charge in [-0.3, -0.25) is 4.79 Å². The highest BCUT2D eigenvalue weighted by Crippen LogP contribution is 2.13. The number of carbonyl (C=O) groups excluding carboxylic acids is 1. The average Bonchev–Trinajstić information content (AvgIpc) is 2.37. The molecule has 0 spiro atoms. The fraction of sp³-hybridized carbons (Fsp3) is 0.429. The Morgan fingerprint density at radius 2 is 1.85 bits per heavy atom. The second-order valence-electron chi connectivity index (χ2n) is 4.81. The van der Waals surface area contributed by atoms with Crippen molar-refractivity contribution >= 4 is 12.0 Å². The third-order valence-electron chi connectivity index (χ3n) is 3.19. The largest absolute Gasteiger partial charge is 0.481 e. The number of halogens is 1. The monoisotopic (exact) mass is 282 g/mol. The Labute approximate surface area is 117 Å². The smallest absolute Gasteiger partial charge is 0.315 e. The molecule has 1 rings (SSSR count). The molecule has 20 heavy (non-hydrogen) atoms. The minimum absolute atomic E-state index is 0.371. The van der Waals surface area contributed by atoms with Gasteiger partial charge in [-0.05, 0) is 38.5 Å². The number of aliphatic carboxylic acids is 1. The lowest BCUT2D eigenvalue weighted by Crippen LogP contribution is -2.45. The number of nitrogens with one attached hydrogen (secondary N) is 2. The molecule has 1 aromatic rings. The van der Waals surface area contributed by atoms with Crippen molar-refractivity contribution in [3.05, 3.63) is 35.6 Å². The zero-order valence-corrected chi connectivity index (χ0v) is 11.7. The van der Waals surface area contributed by atoms with Crippen LogP contribution < -0.4 is 10.6 Å². The number of hydrogen-bond donors (Lipinski definition) is 3. The number of rotatable bonds is 5. The van der Waals surface area contributed by atoms with Crippen LogP contribution in [-0.4, -0.2) is 23.1 Å². The van der Waals surface area contributed by atoms with E-state index in [0.29, 0.717) is 5.56 Å². The van der Waals surface area contributed by atoms with Crippen molar-refractivity contribution < 1.29 is 19.1 Å². The van der Waals surface area contributed by atoms with Crippen molar-refractivity contribution in [1.29, 1.82) is 0 Å². The summed E-state index contributed by atoms with van der Waals surface area (Å²) in [6, 6.07) is 4.57. The van der Waals surface area contributed by atoms with E-state index in [4.69, 9.17) is 5.11 Å². The molecule has 2 amide bonds. The lowest BCUT2D eigenvalue weighted by Gasteiger charge is -2.20. The Hall–Kier alpha value is -2.11. The lowest BCUT2D eigenvalue weighted by molar-refractivity contribution is -0.141. The van der Waals surface area contributed by atoms with E-state index in [1.54, 1.807) is 26.0 Å². The molecule has 1 aromatic carbocycles. The third kappa shape index (κ3) is 4.53. The maximum Gasteiger partial charge on any atom is 0.315 e. The van der Waals surface area contributed by atoms with E-state index in [9.17, 15) is 14.0 Å². The van der Waals surface area contributed by atoms with E-state index in [1.165, 1.54) is 19.1 Å². The summed E-state index contributed by atoms with van der Waals surface area (Å²) >= 11 is 0. The van der Waals surface area contributed by atoms with Gasteiger partial charge in [-0.1, -0.05) is 12.1 Å². The van der Waals surface area contributed by atoms with Gasteiger partial charge in [0.25, 0.3) is 0 Å². The molecule has 0 bridgehead atoms. The van der Waals surface area contributed by atoms with Crippen molar-refractivity contribution in [3.63, 3.8) is 0 Å². The molecule has 3 N–H and O–H groups in total. The molecule has 0 saturated carbocycles. The van der Waals surface area contributed by atoms with Crippen LogP contribution in [0.4, 0.5) is 9.18 Å². The second-order valence-corrected chi connectivity index (χ2v) is 4.81. The summed E-state index contributed by atoms with van der Waals surface area (Å²) in [5.41, 5.74) is 0.638. The van der Waals surface area contributed by atoms with Gasteiger partial charge >= 0.3 is 12.0 Å². The predicted molar refractivity (Wildman–Crippen MR) is 72.7 cm³/mol. The van der Waals surface area contributed by atoms with Crippen LogP contribution >= 0.6 is 0 Å². The molecule has 0 radical (unpaired) electrons. The zero-order chi connectivity index (χ0) is 15.3. The predicted octanol–water partition coefficient (Wildman–Crippen LogP) is 2.30. The first-order valence-corrected chi connectivity index (χ1v) is 6.36. The molecular formula is C14H19FN2O3. The van der Waals surface area contributed by atoms with E-state index < -0.39 is 24.0 Å². The van der Waals surface area contributed by atoms with Crippen molar-refractivity contribution in [1.82, 2.24) is 10.6 Å². The van der Waals surface area contributed by atoms with Crippen LogP contribution in [-0.2, 0) is 4.79 Å². The first-order chi connectivity index (χ1) is 9.31. The fourth-order valence-corrected chi connectivity index (χ4v) is 1.64.